The molecule has 3 N–H and O–H groups in total. The van der Waals surface area contributed by atoms with Crippen molar-refractivity contribution in [2.24, 2.45) is 5.73 Å². The van der Waals surface area contributed by atoms with Crippen molar-refractivity contribution in [1.82, 2.24) is 15.0 Å². The average Bonchev–Trinajstić information content (AvgIpc) is 2.43. The molecule has 0 saturated carbocycles. The number of anilines is 1. The van der Waals surface area contributed by atoms with E-state index in [4.69, 9.17) is 11.1 Å². The summed E-state index contributed by atoms with van der Waals surface area (Å²) in [6, 6.07) is 5.88. The van der Waals surface area contributed by atoms with Gasteiger partial charge in [-0.15, -0.1) is 0 Å². The van der Waals surface area contributed by atoms with Crippen LogP contribution in [-0.2, 0) is 6.54 Å². The topological polar surface area (TPSA) is 91.8 Å². The molecule has 2 aromatic heterocycles. The molecular weight excluding hydrogens is 264 g/mol. The van der Waals surface area contributed by atoms with Gasteiger partial charge in [0.25, 0.3) is 0 Å². The molecule has 0 fully saturated rings. The molecule has 2 heterocycles. The van der Waals surface area contributed by atoms with Crippen LogP contribution in [0.1, 0.15) is 23.5 Å². The smallest absolute Gasteiger partial charge is 0.132 e. The second kappa shape index (κ2) is 6.78. The Balaban J connectivity index is 2.24. The zero-order valence-electron chi connectivity index (χ0n) is 12.4. The number of rotatable bonds is 6. The fourth-order valence-corrected chi connectivity index (χ4v) is 2.10. The number of aryl methyl sites for hydroxylation is 2. The van der Waals surface area contributed by atoms with Crippen LogP contribution < -0.4 is 10.6 Å². The molecule has 0 spiro atoms. The summed E-state index contributed by atoms with van der Waals surface area (Å²) in [5.41, 5.74) is 7.50. The first-order chi connectivity index (χ1) is 10.0. The molecule has 0 aliphatic carbocycles. The Morgan fingerprint density at radius 1 is 1.33 bits per heavy atom. The molecular formula is C15H20N6. The number of amidine groups is 1. The van der Waals surface area contributed by atoms with E-state index >= 15 is 0 Å². The number of pyridine rings is 1. The molecule has 2 aromatic rings. The highest BCUT2D eigenvalue weighted by Crippen LogP contribution is 2.16. The molecule has 21 heavy (non-hydrogen) atoms. The first-order valence-corrected chi connectivity index (χ1v) is 6.83. The third kappa shape index (κ3) is 4.52. The lowest BCUT2D eigenvalue weighted by Gasteiger charge is -2.24. The van der Waals surface area contributed by atoms with Crippen molar-refractivity contribution >= 4 is 11.7 Å². The predicted octanol–water partition coefficient (Wildman–Crippen LogP) is 1.82. The fourth-order valence-electron chi connectivity index (χ4n) is 2.10. The average molecular weight is 284 g/mol. The van der Waals surface area contributed by atoms with E-state index in [0.717, 1.165) is 22.9 Å². The van der Waals surface area contributed by atoms with Gasteiger partial charge in [0.05, 0.1) is 5.84 Å². The van der Waals surface area contributed by atoms with Crippen LogP contribution in [0, 0.1) is 19.3 Å². The van der Waals surface area contributed by atoms with Gasteiger partial charge in [0.1, 0.15) is 11.6 Å². The number of hydrogen-bond acceptors (Lipinski definition) is 5. The van der Waals surface area contributed by atoms with Gasteiger partial charge in [-0.3, -0.25) is 10.4 Å². The normalized spacial score (nSPS) is 10.4. The Morgan fingerprint density at radius 2 is 2.14 bits per heavy atom. The van der Waals surface area contributed by atoms with E-state index in [1.165, 1.54) is 0 Å². The van der Waals surface area contributed by atoms with Crippen molar-refractivity contribution in [3.8, 4) is 0 Å². The second-order valence-corrected chi connectivity index (χ2v) is 4.97. The minimum atomic E-state index is 0.175. The third-order valence-corrected chi connectivity index (χ3v) is 3.02. The molecule has 6 heteroatoms. The Kier molecular flexibility index (Phi) is 4.81. The lowest BCUT2D eigenvalue weighted by molar-refractivity contribution is 0.774. The van der Waals surface area contributed by atoms with Crippen molar-refractivity contribution in [3.05, 3.63) is 47.7 Å². The third-order valence-electron chi connectivity index (χ3n) is 3.02. The van der Waals surface area contributed by atoms with Gasteiger partial charge in [-0.05, 0) is 25.5 Å². The standard InChI is InChI=1S/C15H20N6/c1-11-8-15(20-12(2)19-11)21(7-5-14(16)17)10-13-4-3-6-18-9-13/h3-4,6,8-9H,5,7,10H2,1-2H3,(H3,16,17). The monoisotopic (exact) mass is 284 g/mol. The molecule has 110 valence electrons. The van der Waals surface area contributed by atoms with Gasteiger partial charge in [-0.2, -0.15) is 0 Å². The van der Waals surface area contributed by atoms with E-state index in [0.29, 0.717) is 19.5 Å². The van der Waals surface area contributed by atoms with Crippen LogP contribution in [-0.4, -0.2) is 27.3 Å². The summed E-state index contributed by atoms with van der Waals surface area (Å²) in [6.45, 7) is 5.15. The molecule has 0 saturated heterocycles. The molecule has 0 amide bonds. The van der Waals surface area contributed by atoms with Crippen LogP contribution in [0.25, 0.3) is 0 Å². The van der Waals surface area contributed by atoms with Crippen LogP contribution >= 0.6 is 0 Å². The van der Waals surface area contributed by atoms with E-state index < -0.39 is 0 Å². The summed E-state index contributed by atoms with van der Waals surface area (Å²) in [6.07, 6.45) is 4.09. The molecule has 0 radical (unpaired) electrons. The molecule has 0 unspecified atom stereocenters. The summed E-state index contributed by atoms with van der Waals surface area (Å²) in [7, 11) is 0. The minimum Gasteiger partial charge on any atom is -0.388 e. The maximum atomic E-state index is 7.42. The van der Waals surface area contributed by atoms with Crippen molar-refractivity contribution in [3.63, 3.8) is 0 Å². The molecule has 6 nitrogen and oxygen atoms in total. The quantitative estimate of drug-likeness (QED) is 0.623. The SMILES string of the molecule is Cc1cc(N(CCC(=N)N)Cc2cccnc2)nc(C)n1. The first-order valence-electron chi connectivity index (χ1n) is 6.83. The number of aromatic nitrogens is 3. The summed E-state index contributed by atoms with van der Waals surface area (Å²) < 4.78 is 0. The summed E-state index contributed by atoms with van der Waals surface area (Å²) in [5, 5.41) is 7.42. The molecule has 0 aliphatic heterocycles. The summed E-state index contributed by atoms with van der Waals surface area (Å²) >= 11 is 0. The highest BCUT2D eigenvalue weighted by Gasteiger charge is 2.11. The maximum Gasteiger partial charge on any atom is 0.132 e. The van der Waals surface area contributed by atoms with E-state index in [9.17, 15) is 0 Å². The molecule has 0 bridgehead atoms. The lowest BCUT2D eigenvalue weighted by Crippen LogP contribution is -2.28. The number of nitrogens with zero attached hydrogens (tertiary/aromatic N) is 4. The summed E-state index contributed by atoms with van der Waals surface area (Å²) in [4.78, 5) is 15.0. The van der Waals surface area contributed by atoms with Crippen LogP contribution in [0.4, 0.5) is 5.82 Å². The highest BCUT2D eigenvalue weighted by atomic mass is 15.2. The van der Waals surface area contributed by atoms with Crippen molar-refractivity contribution < 1.29 is 0 Å². The Labute approximate surface area is 124 Å². The molecule has 0 atom stereocenters. The van der Waals surface area contributed by atoms with E-state index in [-0.39, 0.29) is 5.84 Å². The molecule has 0 aromatic carbocycles. The van der Waals surface area contributed by atoms with Gasteiger partial charge >= 0.3 is 0 Å². The van der Waals surface area contributed by atoms with Gasteiger partial charge < -0.3 is 10.6 Å². The predicted molar refractivity (Wildman–Crippen MR) is 83.3 cm³/mol. The number of nitrogens with one attached hydrogen (secondary N) is 1. The first kappa shape index (κ1) is 14.9. The van der Waals surface area contributed by atoms with E-state index in [1.54, 1.807) is 6.20 Å². The summed E-state index contributed by atoms with van der Waals surface area (Å²) in [5.74, 6) is 1.77. The maximum absolute atomic E-state index is 7.42. The van der Waals surface area contributed by atoms with Gasteiger partial charge in [-0.1, -0.05) is 6.07 Å². The Hall–Kier alpha value is -2.50. The lowest BCUT2D eigenvalue weighted by atomic mass is 10.2. The fraction of sp³-hybridized carbons (Fsp3) is 0.333. The Morgan fingerprint density at radius 3 is 2.76 bits per heavy atom. The van der Waals surface area contributed by atoms with E-state index in [2.05, 4.69) is 19.9 Å². The Bertz CT molecular complexity index is 591. The van der Waals surface area contributed by atoms with Gasteiger partial charge in [0, 0.05) is 43.7 Å². The van der Waals surface area contributed by atoms with Crippen molar-refractivity contribution in [1.29, 1.82) is 5.41 Å². The molecule has 0 aliphatic rings. The van der Waals surface area contributed by atoms with Crippen molar-refractivity contribution in [2.45, 2.75) is 26.8 Å². The van der Waals surface area contributed by atoms with Crippen LogP contribution in [0.2, 0.25) is 0 Å². The van der Waals surface area contributed by atoms with Crippen LogP contribution in [0.3, 0.4) is 0 Å². The zero-order chi connectivity index (χ0) is 15.2. The van der Waals surface area contributed by atoms with Gasteiger partial charge in [-0.25, -0.2) is 9.97 Å². The highest BCUT2D eigenvalue weighted by molar-refractivity contribution is 5.77. The van der Waals surface area contributed by atoms with Crippen molar-refractivity contribution in [2.75, 3.05) is 11.4 Å². The van der Waals surface area contributed by atoms with Gasteiger partial charge in [0.15, 0.2) is 0 Å². The number of nitrogens with two attached hydrogens (primary N) is 1. The van der Waals surface area contributed by atoms with Crippen LogP contribution in [0.5, 0.6) is 0 Å². The van der Waals surface area contributed by atoms with Gasteiger partial charge in [0.2, 0.25) is 0 Å². The molecule has 2 rings (SSSR count). The largest absolute Gasteiger partial charge is 0.388 e. The minimum absolute atomic E-state index is 0.175. The van der Waals surface area contributed by atoms with E-state index in [1.807, 2.05) is 38.2 Å². The zero-order valence-corrected chi connectivity index (χ0v) is 12.4. The number of hydrogen-bond donors (Lipinski definition) is 2. The van der Waals surface area contributed by atoms with Crippen LogP contribution in [0.15, 0.2) is 30.6 Å². The second-order valence-electron chi connectivity index (χ2n) is 4.97.